The normalized spacial score (nSPS) is 10.9. The van der Waals surface area contributed by atoms with Gasteiger partial charge >= 0.3 is 0 Å². The fourth-order valence-electron chi connectivity index (χ4n) is 2.42. The van der Waals surface area contributed by atoms with Crippen LogP contribution in [-0.4, -0.2) is 20.4 Å². The number of nitrogens with zero attached hydrogens (tertiary/aromatic N) is 2. The van der Waals surface area contributed by atoms with Crippen LogP contribution in [0.5, 0.6) is 5.75 Å². The SMILES string of the molecule is Cc1nc2c(C)cc(Br)cn2c1C(=O)Nc1ccccc1O. The van der Waals surface area contributed by atoms with Crippen LogP contribution in [0.15, 0.2) is 41.0 Å². The minimum Gasteiger partial charge on any atom is -0.506 e. The molecule has 0 bridgehead atoms. The second kappa shape index (κ2) is 5.46. The molecule has 0 atom stereocenters. The lowest BCUT2D eigenvalue weighted by Gasteiger charge is -2.08. The molecule has 1 aromatic carbocycles. The van der Waals surface area contributed by atoms with E-state index in [-0.39, 0.29) is 11.7 Å². The third-order valence-electron chi connectivity index (χ3n) is 3.41. The van der Waals surface area contributed by atoms with Crippen LogP contribution < -0.4 is 5.32 Å². The van der Waals surface area contributed by atoms with Crippen molar-refractivity contribution in [3.05, 3.63) is 58.0 Å². The van der Waals surface area contributed by atoms with Crippen molar-refractivity contribution in [3.63, 3.8) is 0 Å². The lowest BCUT2D eigenvalue weighted by atomic mass is 10.2. The minimum absolute atomic E-state index is 0.0275. The van der Waals surface area contributed by atoms with E-state index in [9.17, 15) is 9.90 Å². The summed E-state index contributed by atoms with van der Waals surface area (Å²) in [5.74, 6) is -0.288. The van der Waals surface area contributed by atoms with Gasteiger partial charge in [0, 0.05) is 10.7 Å². The molecule has 1 amide bonds. The van der Waals surface area contributed by atoms with Gasteiger partial charge in [0.2, 0.25) is 0 Å². The molecule has 0 saturated heterocycles. The van der Waals surface area contributed by atoms with Crippen molar-refractivity contribution in [2.24, 2.45) is 0 Å². The number of benzene rings is 1. The van der Waals surface area contributed by atoms with Gasteiger partial charge in [-0.2, -0.15) is 0 Å². The lowest BCUT2D eigenvalue weighted by Crippen LogP contribution is -2.15. The molecule has 5 nitrogen and oxygen atoms in total. The van der Waals surface area contributed by atoms with E-state index in [1.165, 1.54) is 6.07 Å². The first-order chi connectivity index (χ1) is 10.5. The average Bonchev–Trinajstić information content (AvgIpc) is 2.78. The van der Waals surface area contributed by atoms with E-state index in [0.717, 1.165) is 15.7 Å². The van der Waals surface area contributed by atoms with Crippen molar-refractivity contribution in [3.8, 4) is 5.75 Å². The Kier molecular flexibility index (Phi) is 3.62. The van der Waals surface area contributed by atoms with Gasteiger partial charge in [0.25, 0.3) is 5.91 Å². The largest absolute Gasteiger partial charge is 0.506 e. The van der Waals surface area contributed by atoms with E-state index in [1.54, 1.807) is 29.5 Å². The Morgan fingerprint density at radius 3 is 2.77 bits per heavy atom. The lowest BCUT2D eigenvalue weighted by molar-refractivity contribution is 0.102. The number of anilines is 1. The first kappa shape index (κ1) is 14.6. The molecule has 0 aliphatic carbocycles. The molecule has 0 unspecified atom stereocenters. The molecule has 2 aromatic heterocycles. The fourth-order valence-corrected chi connectivity index (χ4v) is 2.96. The van der Waals surface area contributed by atoms with Gasteiger partial charge in [0.15, 0.2) is 0 Å². The number of amides is 1. The molecule has 22 heavy (non-hydrogen) atoms. The molecule has 0 aliphatic heterocycles. The van der Waals surface area contributed by atoms with E-state index in [2.05, 4.69) is 26.2 Å². The van der Waals surface area contributed by atoms with E-state index in [4.69, 9.17) is 0 Å². The van der Waals surface area contributed by atoms with Crippen LogP contribution in [0.3, 0.4) is 0 Å². The van der Waals surface area contributed by atoms with Crippen LogP contribution in [0.2, 0.25) is 0 Å². The molecular weight excluding hydrogens is 346 g/mol. The maximum absolute atomic E-state index is 12.6. The Morgan fingerprint density at radius 2 is 2.05 bits per heavy atom. The Labute approximate surface area is 135 Å². The molecule has 6 heteroatoms. The number of carbonyl (C=O) groups is 1. The molecule has 0 saturated carbocycles. The predicted molar refractivity (Wildman–Crippen MR) is 88.4 cm³/mol. The number of phenolic OH excluding ortho intramolecular Hbond substituents is 1. The Morgan fingerprint density at radius 1 is 1.32 bits per heavy atom. The number of rotatable bonds is 2. The number of phenols is 1. The van der Waals surface area contributed by atoms with Gasteiger partial charge in [-0.05, 0) is 53.5 Å². The maximum atomic E-state index is 12.6. The van der Waals surface area contributed by atoms with Crippen LogP contribution >= 0.6 is 15.9 Å². The maximum Gasteiger partial charge on any atom is 0.274 e. The van der Waals surface area contributed by atoms with Crippen molar-refractivity contribution in [2.45, 2.75) is 13.8 Å². The van der Waals surface area contributed by atoms with Crippen molar-refractivity contribution in [1.82, 2.24) is 9.38 Å². The summed E-state index contributed by atoms with van der Waals surface area (Å²) >= 11 is 3.43. The van der Waals surface area contributed by atoms with Crippen LogP contribution in [-0.2, 0) is 0 Å². The number of fused-ring (bicyclic) bond motifs is 1. The molecule has 3 aromatic rings. The summed E-state index contributed by atoms with van der Waals surface area (Å²) in [4.78, 5) is 17.0. The second-order valence-corrected chi connectivity index (χ2v) is 5.97. The number of para-hydroxylation sites is 2. The van der Waals surface area contributed by atoms with E-state index in [0.29, 0.717) is 17.1 Å². The number of imidazole rings is 1. The molecule has 0 spiro atoms. The van der Waals surface area contributed by atoms with Crippen molar-refractivity contribution < 1.29 is 9.90 Å². The summed E-state index contributed by atoms with van der Waals surface area (Å²) in [6, 6.07) is 8.57. The highest BCUT2D eigenvalue weighted by molar-refractivity contribution is 9.10. The smallest absolute Gasteiger partial charge is 0.274 e. The van der Waals surface area contributed by atoms with Crippen molar-refractivity contribution in [2.75, 3.05) is 5.32 Å². The molecule has 2 heterocycles. The number of halogens is 1. The zero-order chi connectivity index (χ0) is 15.9. The fraction of sp³-hybridized carbons (Fsp3) is 0.125. The monoisotopic (exact) mass is 359 g/mol. The van der Waals surface area contributed by atoms with Crippen LogP contribution in [0.25, 0.3) is 5.65 Å². The number of aryl methyl sites for hydroxylation is 2. The number of carbonyl (C=O) groups excluding carboxylic acids is 1. The van der Waals surface area contributed by atoms with Gasteiger partial charge in [0.05, 0.1) is 11.4 Å². The van der Waals surface area contributed by atoms with Gasteiger partial charge < -0.3 is 10.4 Å². The third kappa shape index (κ3) is 2.46. The van der Waals surface area contributed by atoms with Gasteiger partial charge in [-0.15, -0.1) is 0 Å². The molecule has 0 fully saturated rings. The zero-order valence-electron chi connectivity index (χ0n) is 12.1. The molecular formula is C16H14BrN3O2. The summed E-state index contributed by atoms with van der Waals surface area (Å²) in [6.45, 7) is 3.73. The summed E-state index contributed by atoms with van der Waals surface area (Å²) in [5.41, 5.74) is 3.16. The number of hydrogen-bond acceptors (Lipinski definition) is 3. The van der Waals surface area contributed by atoms with Crippen molar-refractivity contribution in [1.29, 1.82) is 0 Å². The standard InChI is InChI=1S/C16H14BrN3O2/c1-9-7-11(17)8-20-14(10(2)18-15(9)20)16(22)19-12-5-3-4-6-13(12)21/h3-8,21H,1-2H3,(H,19,22). The Bertz CT molecular complexity index is 886. The third-order valence-corrected chi connectivity index (χ3v) is 3.85. The van der Waals surface area contributed by atoms with Crippen LogP contribution in [0.4, 0.5) is 5.69 Å². The van der Waals surface area contributed by atoms with Crippen molar-refractivity contribution >= 4 is 33.2 Å². The highest BCUT2D eigenvalue weighted by atomic mass is 79.9. The minimum atomic E-state index is -0.316. The predicted octanol–water partition coefficient (Wildman–Crippen LogP) is 3.67. The number of nitrogens with one attached hydrogen (secondary N) is 1. The molecule has 112 valence electrons. The Balaban J connectivity index is 2.08. The van der Waals surface area contributed by atoms with Gasteiger partial charge in [-0.25, -0.2) is 4.98 Å². The summed E-state index contributed by atoms with van der Waals surface area (Å²) in [6.07, 6.45) is 1.81. The van der Waals surface area contributed by atoms with Gasteiger partial charge in [-0.3, -0.25) is 9.20 Å². The molecule has 0 aliphatic rings. The summed E-state index contributed by atoms with van der Waals surface area (Å²) < 4.78 is 2.62. The number of aromatic hydroxyl groups is 1. The highest BCUT2D eigenvalue weighted by Gasteiger charge is 2.19. The number of pyridine rings is 1. The number of aromatic nitrogens is 2. The first-order valence-electron chi connectivity index (χ1n) is 6.71. The quantitative estimate of drug-likeness (QED) is 0.686. The van der Waals surface area contributed by atoms with E-state index < -0.39 is 0 Å². The topological polar surface area (TPSA) is 66.6 Å². The van der Waals surface area contributed by atoms with Gasteiger partial charge in [-0.1, -0.05) is 12.1 Å². The second-order valence-electron chi connectivity index (χ2n) is 5.05. The molecule has 0 radical (unpaired) electrons. The van der Waals surface area contributed by atoms with E-state index in [1.807, 2.05) is 19.2 Å². The average molecular weight is 360 g/mol. The number of hydrogen-bond donors (Lipinski definition) is 2. The summed E-state index contributed by atoms with van der Waals surface area (Å²) in [5, 5.41) is 12.5. The molecule has 2 N–H and O–H groups in total. The summed E-state index contributed by atoms with van der Waals surface area (Å²) in [7, 11) is 0. The van der Waals surface area contributed by atoms with E-state index >= 15 is 0 Å². The highest BCUT2D eigenvalue weighted by Crippen LogP contribution is 2.24. The zero-order valence-corrected chi connectivity index (χ0v) is 13.7. The van der Waals surface area contributed by atoms with Gasteiger partial charge in [0.1, 0.15) is 17.1 Å². The first-order valence-corrected chi connectivity index (χ1v) is 7.51. The van der Waals surface area contributed by atoms with Crippen LogP contribution in [0.1, 0.15) is 21.7 Å². The van der Waals surface area contributed by atoms with Crippen LogP contribution in [0, 0.1) is 13.8 Å². The Hall–Kier alpha value is -2.34. The molecule has 3 rings (SSSR count).